The highest BCUT2D eigenvalue weighted by Crippen LogP contribution is 2.44. The molecule has 11 aromatic rings. The molecular weight excluding hydrogens is 629 g/mol. The van der Waals surface area contributed by atoms with E-state index in [1.54, 1.807) is 0 Å². The van der Waals surface area contributed by atoms with Crippen molar-refractivity contribution in [1.82, 2.24) is 19.5 Å². The first-order valence-corrected chi connectivity index (χ1v) is 17.6. The molecule has 0 amide bonds. The van der Waals surface area contributed by atoms with Crippen LogP contribution in [0.25, 0.3) is 103 Å². The number of para-hydroxylation sites is 3. The molecule has 0 N–H and O–H groups in total. The molecule has 0 aliphatic heterocycles. The number of fused-ring (bicyclic) bond motifs is 11. The first kappa shape index (κ1) is 27.5. The molecule has 0 fully saturated rings. The van der Waals surface area contributed by atoms with E-state index >= 15 is 0 Å². The van der Waals surface area contributed by atoms with Gasteiger partial charge in [-0.1, -0.05) is 121 Å². The molecule has 0 saturated heterocycles. The Kier molecular flexibility index (Phi) is 5.80. The molecule has 5 heteroatoms. The largest absolute Gasteiger partial charge is 0.278 e. The van der Waals surface area contributed by atoms with E-state index in [1.165, 1.54) is 36.3 Å². The third kappa shape index (κ3) is 3.95. The van der Waals surface area contributed by atoms with Crippen molar-refractivity contribution in [3.8, 4) is 28.5 Å². The zero-order valence-electron chi connectivity index (χ0n) is 26.7. The van der Waals surface area contributed by atoms with Crippen molar-refractivity contribution in [3.05, 3.63) is 158 Å². The molecule has 0 bridgehead atoms. The van der Waals surface area contributed by atoms with Gasteiger partial charge in [0.25, 0.3) is 0 Å². The standard InChI is InChI=1S/C45H26N4S/c1-2-12-27(13-3-1)42-34-17-5-9-19-37(34)47-45(48-42)49-38-20-10-6-15-30(38)35-26-28(22-25-39(35)49)43-41-32(29-14-4-8-18-36(29)46-43)23-24-33-31-16-7-11-21-40(31)50-44(33)41/h1-26H. The lowest BCUT2D eigenvalue weighted by Gasteiger charge is -2.13. The van der Waals surface area contributed by atoms with Crippen LogP contribution in [-0.4, -0.2) is 19.5 Å². The van der Waals surface area contributed by atoms with E-state index < -0.39 is 0 Å². The molecule has 0 aliphatic rings. The minimum absolute atomic E-state index is 0.655. The van der Waals surface area contributed by atoms with Gasteiger partial charge in [0.05, 0.1) is 33.5 Å². The third-order valence-corrected chi connectivity index (χ3v) is 11.2. The lowest BCUT2D eigenvalue weighted by atomic mass is 9.97. The summed E-state index contributed by atoms with van der Waals surface area (Å²) in [6.07, 6.45) is 0. The van der Waals surface area contributed by atoms with Crippen molar-refractivity contribution in [2.75, 3.05) is 0 Å². The van der Waals surface area contributed by atoms with Crippen LogP contribution in [0.1, 0.15) is 0 Å². The van der Waals surface area contributed by atoms with Gasteiger partial charge in [0.1, 0.15) is 0 Å². The summed E-state index contributed by atoms with van der Waals surface area (Å²) in [4.78, 5) is 15.8. The van der Waals surface area contributed by atoms with Crippen molar-refractivity contribution in [3.63, 3.8) is 0 Å². The summed E-state index contributed by atoms with van der Waals surface area (Å²) in [5.41, 5.74) is 8.12. The van der Waals surface area contributed by atoms with E-state index in [0.29, 0.717) is 5.95 Å². The van der Waals surface area contributed by atoms with E-state index in [9.17, 15) is 0 Å². The van der Waals surface area contributed by atoms with Gasteiger partial charge < -0.3 is 0 Å². The highest BCUT2D eigenvalue weighted by molar-refractivity contribution is 7.26. The summed E-state index contributed by atoms with van der Waals surface area (Å²) >= 11 is 1.86. The fourth-order valence-electron chi connectivity index (χ4n) is 7.75. The number of nitrogens with zero attached hydrogens (tertiary/aromatic N) is 4. The SMILES string of the molecule is c1ccc(-c2nc(-n3c4ccccc4c4cc(-c5nc6ccccc6c6ccc7c8ccccc8sc7c56)ccc43)nc3ccccc23)cc1. The maximum Gasteiger partial charge on any atom is 0.235 e. The van der Waals surface area contributed by atoms with Crippen LogP contribution < -0.4 is 0 Å². The van der Waals surface area contributed by atoms with Gasteiger partial charge in [0.15, 0.2) is 0 Å². The molecule has 7 aromatic carbocycles. The van der Waals surface area contributed by atoms with Crippen LogP contribution >= 0.6 is 11.3 Å². The number of aromatic nitrogens is 4. The van der Waals surface area contributed by atoms with Gasteiger partial charge >= 0.3 is 0 Å². The van der Waals surface area contributed by atoms with Crippen molar-refractivity contribution >= 4 is 85.9 Å². The van der Waals surface area contributed by atoms with Crippen molar-refractivity contribution < 1.29 is 0 Å². The Morgan fingerprint density at radius 3 is 1.92 bits per heavy atom. The molecule has 0 saturated carbocycles. The molecule has 0 aliphatic carbocycles. The second-order valence-corrected chi connectivity index (χ2v) is 13.8. The summed E-state index contributed by atoms with van der Waals surface area (Å²) in [5, 5.41) is 9.50. The highest BCUT2D eigenvalue weighted by atomic mass is 32.1. The molecule has 0 radical (unpaired) electrons. The van der Waals surface area contributed by atoms with Crippen LogP contribution in [0.15, 0.2) is 158 Å². The van der Waals surface area contributed by atoms with E-state index in [1.807, 2.05) is 23.5 Å². The summed E-state index contributed by atoms with van der Waals surface area (Å²) in [7, 11) is 0. The molecule has 0 unspecified atom stereocenters. The third-order valence-electron chi connectivity index (χ3n) is 9.99. The van der Waals surface area contributed by atoms with Crippen LogP contribution in [0, 0.1) is 0 Å². The van der Waals surface area contributed by atoms with E-state index in [2.05, 4.69) is 150 Å². The van der Waals surface area contributed by atoms with Crippen LogP contribution in [0.4, 0.5) is 0 Å². The molecule has 11 rings (SSSR count). The van der Waals surface area contributed by atoms with Crippen molar-refractivity contribution in [2.45, 2.75) is 0 Å². The minimum Gasteiger partial charge on any atom is -0.278 e. The molecule has 4 nitrogen and oxygen atoms in total. The number of thiophene rings is 1. The van der Waals surface area contributed by atoms with Crippen LogP contribution in [0.5, 0.6) is 0 Å². The lowest BCUT2D eigenvalue weighted by Crippen LogP contribution is -2.03. The van der Waals surface area contributed by atoms with E-state index in [0.717, 1.165) is 60.7 Å². The quantitative estimate of drug-likeness (QED) is 0.178. The van der Waals surface area contributed by atoms with Crippen LogP contribution in [0.2, 0.25) is 0 Å². The first-order chi connectivity index (χ1) is 24.8. The molecule has 4 aromatic heterocycles. The second kappa shape index (κ2) is 10.5. The Hall–Kier alpha value is -6.43. The minimum atomic E-state index is 0.655. The molecule has 50 heavy (non-hydrogen) atoms. The van der Waals surface area contributed by atoms with Crippen molar-refractivity contribution in [1.29, 1.82) is 0 Å². The molecule has 0 atom stereocenters. The molecule has 232 valence electrons. The summed E-state index contributed by atoms with van der Waals surface area (Å²) in [6.45, 7) is 0. The Bertz CT molecular complexity index is 3160. The summed E-state index contributed by atoms with van der Waals surface area (Å²) in [5.74, 6) is 0.655. The fourth-order valence-corrected chi connectivity index (χ4v) is 9.00. The lowest BCUT2D eigenvalue weighted by molar-refractivity contribution is 1.01. The van der Waals surface area contributed by atoms with Gasteiger partial charge in [-0.2, -0.15) is 0 Å². The van der Waals surface area contributed by atoms with E-state index in [-0.39, 0.29) is 0 Å². The maximum atomic E-state index is 5.40. The maximum absolute atomic E-state index is 5.40. The predicted octanol–water partition coefficient (Wildman–Crippen LogP) is 12.1. The van der Waals surface area contributed by atoms with Crippen LogP contribution in [-0.2, 0) is 0 Å². The summed E-state index contributed by atoms with van der Waals surface area (Å²) < 4.78 is 4.78. The van der Waals surface area contributed by atoms with Gasteiger partial charge in [-0.05, 0) is 41.8 Å². The number of benzene rings is 7. The van der Waals surface area contributed by atoms with Crippen LogP contribution in [0.3, 0.4) is 0 Å². The normalized spacial score (nSPS) is 12.0. The van der Waals surface area contributed by atoms with Gasteiger partial charge in [-0.25, -0.2) is 15.0 Å². The average Bonchev–Trinajstić information content (AvgIpc) is 3.73. The Balaban J connectivity index is 1.21. The highest BCUT2D eigenvalue weighted by Gasteiger charge is 2.20. The van der Waals surface area contributed by atoms with Gasteiger partial charge in [0, 0.05) is 58.2 Å². The molecular formula is C45H26N4S. The first-order valence-electron chi connectivity index (χ1n) is 16.8. The molecule has 4 heterocycles. The monoisotopic (exact) mass is 654 g/mol. The predicted molar refractivity (Wildman–Crippen MR) is 210 cm³/mol. The fraction of sp³-hybridized carbons (Fsp3) is 0. The zero-order chi connectivity index (χ0) is 32.8. The number of rotatable bonds is 3. The average molecular weight is 655 g/mol. The van der Waals surface area contributed by atoms with Gasteiger partial charge in [-0.3, -0.25) is 4.57 Å². The summed E-state index contributed by atoms with van der Waals surface area (Å²) in [6, 6.07) is 55.8. The second-order valence-electron chi connectivity index (χ2n) is 12.8. The Labute approximate surface area is 290 Å². The van der Waals surface area contributed by atoms with Gasteiger partial charge in [-0.15, -0.1) is 11.3 Å². The number of hydrogen-bond donors (Lipinski definition) is 0. The topological polar surface area (TPSA) is 43.6 Å². The van der Waals surface area contributed by atoms with E-state index in [4.69, 9.17) is 15.0 Å². The zero-order valence-corrected chi connectivity index (χ0v) is 27.5. The Morgan fingerprint density at radius 2 is 1.06 bits per heavy atom. The number of hydrogen-bond acceptors (Lipinski definition) is 4. The van der Waals surface area contributed by atoms with Gasteiger partial charge in [0.2, 0.25) is 5.95 Å². The Morgan fingerprint density at radius 1 is 0.400 bits per heavy atom. The van der Waals surface area contributed by atoms with Crippen molar-refractivity contribution in [2.24, 2.45) is 0 Å². The number of pyridine rings is 1. The smallest absolute Gasteiger partial charge is 0.235 e. The molecule has 0 spiro atoms.